The average Bonchev–Trinajstić information content (AvgIpc) is 2.89. The number of thioether (sulfide) groups is 1. The highest BCUT2D eigenvalue weighted by atomic mass is 79.9. The van der Waals surface area contributed by atoms with Crippen molar-refractivity contribution in [3.05, 3.63) is 71.9 Å². The lowest BCUT2D eigenvalue weighted by molar-refractivity contribution is -0.158. The van der Waals surface area contributed by atoms with Gasteiger partial charge in [-0.2, -0.15) is 0 Å². The van der Waals surface area contributed by atoms with Gasteiger partial charge in [-0.3, -0.25) is 14.5 Å². The summed E-state index contributed by atoms with van der Waals surface area (Å²) in [6, 6.07) is 19.6. The molecule has 1 fully saturated rings. The SMILES string of the molecule is CC(C)=C(C(=O)OCC(Cl)(Cl)Cl)N1C(=O)C(Br)(Br)[C@]1(SC(=O)CO[SiH](c1ccccc1)c1ccccc1)C(C)(C)C. The number of carbonyl (C=O) groups is 3. The van der Waals surface area contributed by atoms with E-state index in [4.69, 9.17) is 44.0 Å². The Morgan fingerprint density at radius 1 is 0.951 bits per heavy atom. The van der Waals surface area contributed by atoms with Gasteiger partial charge in [0.25, 0.3) is 5.91 Å². The van der Waals surface area contributed by atoms with Crippen LogP contribution in [0.3, 0.4) is 0 Å². The number of hydrogen-bond acceptors (Lipinski definition) is 6. The topological polar surface area (TPSA) is 72.9 Å². The van der Waals surface area contributed by atoms with E-state index in [9.17, 15) is 14.4 Å². The second-order valence-corrected chi connectivity index (χ2v) is 20.3. The van der Waals surface area contributed by atoms with Gasteiger partial charge in [0.15, 0.2) is 3.23 Å². The molecule has 6 nitrogen and oxygen atoms in total. The fourth-order valence-electron chi connectivity index (χ4n) is 4.56. The molecule has 0 aliphatic carbocycles. The first-order chi connectivity index (χ1) is 18.9. The van der Waals surface area contributed by atoms with E-state index < -0.39 is 44.8 Å². The predicted octanol–water partition coefficient (Wildman–Crippen LogP) is 6.08. The van der Waals surface area contributed by atoms with Crippen LogP contribution in [-0.4, -0.2) is 56.0 Å². The van der Waals surface area contributed by atoms with E-state index in [1.165, 1.54) is 4.90 Å². The highest BCUT2D eigenvalue weighted by molar-refractivity contribution is 9.26. The summed E-state index contributed by atoms with van der Waals surface area (Å²) in [5.74, 6) is -1.32. The lowest BCUT2D eigenvalue weighted by Crippen LogP contribution is -2.80. The molecule has 0 bridgehead atoms. The molecule has 0 saturated carbocycles. The highest BCUT2D eigenvalue weighted by Gasteiger charge is 2.76. The molecule has 1 atom stereocenters. The largest absolute Gasteiger partial charge is 0.456 e. The molecular weight excluding hydrogens is 757 g/mol. The molecule has 0 N–H and O–H groups in total. The first-order valence-corrected chi connectivity index (χ1v) is 17.7. The molecule has 1 aliphatic heterocycles. The first-order valence-electron chi connectivity index (χ1n) is 12.5. The number of β-lactam (4-membered cyclic amide) rings is 1. The Balaban J connectivity index is 1.95. The van der Waals surface area contributed by atoms with E-state index in [0.717, 1.165) is 22.1 Å². The number of halogens is 5. The number of carbonyl (C=O) groups excluding carboxylic acids is 3. The second-order valence-electron chi connectivity index (χ2n) is 10.6. The monoisotopic (exact) mass is 783 g/mol. The maximum Gasteiger partial charge on any atom is 0.355 e. The molecule has 3 rings (SSSR count). The number of rotatable bonds is 9. The number of hydrogen-bond donors (Lipinski definition) is 0. The van der Waals surface area contributed by atoms with Gasteiger partial charge in [0.05, 0.1) is 0 Å². The van der Waals surface area contributed by atoms with E-state index in [2.05, 4.69) is 31.9 Å². The van der Waals surface area contributed by atoms with E-state index in [1.54, 1.807) is 13.8 Å². The van der Waals surface area contributed by atoms with E-state index in [-0.39, 0.29) is 17.4 Å². The van der Waals surface area contributed by atoms with Crippen LogP contribution in [0.4, 0.5) is 0 Å². The number of likely N-dealkylation sites (tertiary alicyclic amines) is 1. The summed E-state index contributed by atoms with van der Waals surface area (Å²) >= 11 is 25.4. The molecule has 222 valence electrons. The third-order valence-electron chi connectivity index (χ3n) is 6.32. The van der Waals surface area contributed by atoms with Crippen LogP contribution in [0, 0.1) is 5.41 Å². The van der Waals surface area contributed by atoms with Crippen LogP contribution in [-0.2, 0) is 23.5 Å². The molecule has 13 heteroatoms. The summed E-state index contributed by atoms with van der Waals surface area (Å²) < 4.78 is 8.40. The Hall–Kier alpha value is -0.853. The Kier molecular flexibility index (Phi) is 11.3. The number of nitrogens with zero attached hydrogens (tertiary/aromatic N) is 1. The van der Waals surface area contributed by atoms with Gasteiger partial charge in [-0.25, -0.2) is 4.79 Å². The van der Waals surface area contributed by atoms with Crippen molar-refractivity contribution < 1.29 is 23.5 Å². The number of alkyl halides is 5. The normalized spacial score (nSPS) is 18.6. The van der Waals surface area contributed by atoms with Crippen LogP contribution in [0.25, 0.3) is 0 Å². The van der Waals surface area contributed by atoms with Gasteiger partial charge in [-0.1, -0.05) is 160 Å². The third-order valence-corrected chi connectivity index (χ3v) is 13.2. The molecule has 1 amide bonds. The van der Waals surface area contributed by atoms with Crippen molar-refractivity contribution in [3.8, 4) is 0 Å². The zero-order valence-corrected chi connectivity index (χ0v) is 30.5. The predicted molar refractivity (Wildman–Crippen MR) is 177 cm³/mol. The molecular formula is C28H30Br2Cl3NO5SSi. The Bertz CT molecular complexity index is 1280. The van der Waals surface area contributed by atoms with E-state index >= 15 is 0 Å². The zero-order valence-electron chi connectivity index (χ0n) is 23.1. The third kappa shape index (κ3) is 7.45. The Morgan fingerprint density at radius 3 is 1.85 bits per heavy atom. The van der Waals surface area contributed by atoms with Gasteiger partial charge in [-0.05, 0) is 35.2 Å². The number of allylic oxidation sites excluding steroid dienone is 1. The van der Waals surface area contributed by atoms with Gasteiger partial charge >= 0.3 is 5.97 Å². The fraction of sp³-hybridized carbons (Fsp3) is 0.393. The summed E-state index contributed by atoms with van der Waals surface area (Å²) in [6.45, 7) is 8.25. The summed E-state index contributed by atoms with van der Waals surface area (Å²) in [4.78, 5) is 40.6. The molecule has 1 heterocycles. The maximum atomic E-state index is 13.7. The van der Waals surface area contributed by atoms with Crippen LogP contribution in [0.1, 0.15) is 34.6 Å². The number of esters is 1. The molecule has 0 unspecified atom stereocenters. The van der Waals surface area contributed by atoms with Crippen LogP contribution in [0.5, 0.6) is 0 Å². The van der Waals surface area contributed by atoms with Gasteiger partial charge in [0, 0.05) is 0 Å². The van der Waals surface area contributed by atoms with Gasteiger partial charge < -0.3 is 9.16 Å². The van der Waals surface area contributed by atoms with Crippen molar-refractivity contribution in [2.75, 3.05) is 13.2 Å². The lowest BCUT2D eigenvalue weighted by Gasteiger charge is -2.64. The molecule has 0 aromatic heterocycles. The van der Waals surface area contributed by atoms with Crippen molar-refractivity contribution in [1.29, 1.82) is 0 Å². The molecule has 2 aromatic rings. The first kappa shape index (κ1) is 34.6. The zero-order chi connectivity index (χ0) is 30.8. The quantitative estimate of drug-likeness (QED) is 0.101. The molecule has 0 spiro atoms. The maximum absolute atomic E-state index is 13.7. The van der Waals surface area contributed by atoms with Crippen LogP contribution >= 0.6 is 78.4 Å². The lowest BCUT2D eigenvalue weighted by atomic mass is 9.76. The van der Waals surface area contributed by atoms with Gasteiger partial charge in [-0.15, -0.1) is 0 Å². The Morgan fingerprint density at radius 2 is 1.44 bits per heavy atom. The van der Waals surface area contributed by atoms with Crippen LogP contribution in [0.15, 0.2) is 71.9 Å². The van der Waals surface area contributed by atoms with E-state index in [0.29, 0.717) is 5.57 Å². The van der Waals surface area contributed by atoms with Crippen molar-refractivity contribution in [2.24, 2.45) is 5.41 Å². The number of benzene rings is 2. The van der Waals surface area contributed by atoms with Crippen molar-refractivity contribution >= 4 is 115 Å². The fourth-order valence-corrected chi connectivity index (χ4v) is 10.7. The molecule has 41 heavy (non-hydrogen) atoms. The molecule has 1 saturated heterocycles. The summed E-state index contributed by atoms with van der Waals surface area (Å²) in [6.07, 6.45) is 0. The average molecular weight is 787 g/mol. The summed E-state index contributed by atoms with van der Waals surface area (Å²) in [5, 5.41) is 1.75. The standard InChI is InChI=1S/C28H30Br2Cl3NO5SSi/c1-18(2)22(23(36)38-17-26(31,32)33)34-24(37)27(29,30)28(34,25(3,4)5)40-21(35)16-39-41(19-12-8-6-9-13-19)20-14-10-7-11-15-20/h6-15,41H,16-17H2,1-5H3/t28-/m1/s1. The van der Waals surface area contributed by atoms with Crippen LogP contribution < -0.4 is 10.4 Å². The van der Waals surface area contributed by atoms with Crippen molar-refractivity contribution in [1.82, 2.24) is 4.90 Å². The Labute approximate surface area is 278 Å². The number of amides is 1. The second kappa shape index (κ2) is 13.4. The molecule has 0 radical (unpaired) electrons. The van der Waals surface area contributed by atoms with Gasteiger partial charge in [0.2, 0.25) is 17.9 Å². The van der Waals surface area contributed by atoms with E-state index in [1.807, 2.05) is 81.4 Å². The summed E-state index contributed by atoms with van der Waals surface area (Å²) in [5.41, 5.74) is -0.294. The molecule has 1 aliphatic rings. The minimum atomic E-state index is -2.21. The van der Waals surface area contributed by atoms with Crippen LogP contribution in [0.2, 0.25) is 0 Å². The van der Waals surface area contributed by atoms with Crippen molar-refractivity contribution in [2.45, 2.75) is 46.5 Å². The number of ether oxygens (including phenoxy) is 1. The smallest absolute Gasteiger partial charge is 0.355 e. The minimum Gasteiger partial charge on any atom is -0.456 e. The summed E-state index contributed by atoms with van der Waals surface area (Å²) in [7, 11) is -2.21. The highest BCUT2D eigenvalue weighted by Crippen LogP contribution is 2.66. The minimum absolute atomic E-state index is 0.0317. The van der Waals surface area contributed by atoms with Crippen molar-refractivity contribution in [3.63, 3.8) is 0 Å². The molecule has 2 aromatic carbocycles. The van der Waals surface area contributed by atoms with Gasteiger partial charge in [0.1, 0.15) is 23.8 Å².